The number of methoxy groups -OCH3 is 2. The minimum Gasteiger partial charge on any atom is -0.497 e. The van der Waals surface area contributed by atoms with Crippen LogP contribution in [0.2, 0.25) is 0 Å². The van der Waals surface area contributed by atoms with E-state index in [4.69, 9.17) is 14.2 Å². The summed E-state index contributed by atoms with van der Waals surface area (Å²) < 4.78 is 17.0. The average Bonchev–Trinajstić information content (AvgIpc) is 3.05. The topological polar surface area (TPSA) is 68.8 Å². The summed E-state index contributed by atoms with van der Waals surface area (Å²) in [6.07, 6.45) is 1.18. The molecule has 3 aromatic carbocycles. The highest BCUT2D eigenvalue weighted by molar-refractivity contribution is 6.01. The van der Waals surface area contributed by atoms with Crippen LogP contribution in [0.25, 0.3) is 0 Å². The van der Waals surface area contributed by atoms with Crippen LogP contribution in [0.15, 0.2) is 78.0 Å². The van der Waals surface area contributed by atoms with Crippen molar-refractivity contribution in [1.82, 2.24) is 0 Å². The van der Waals surface area contributed by atoms with Crippen LogP contribution in [0.3, 0.4) is 0 Å². The molecule has 5 rings (SSSR count). The largest absolute Gasteiger partial charge is 0.497 e. The van der Waals surface area contributed by atoms with E-state index in [0.717, 1.165) is 51.0 Å². The number of hydrogen-bond acceptors (Lipinski definition) is 6. The third-order valence-electron chi connectivity index (χ3n) is 6.77. The summed E-state index contributed by atoms with van der Waals surface area (Å²) in [6, 6.07) is 21.6. The van der Waals surface area contributed by atoms with Gasteiger partial charge in [-0.1, -0.05) is 24.3 Å². The van der Waals surface area contributed by atoms with Crippen LogP contribution >= 0.6 is 0 Å². The monoisotopic (exact) mass is 484 g/mol. The lowest BCUT2D eigenvalue weighted by atomic mass is 9.78. The molecule has 2 unspecified atom stereocenters. The normalized spacial score (nSPS) is 19.0. The van der Waals surface area contributed by atoms with Crippen molar-refractivity contribution in [2.24, 2.45) is 0 Å². The van der Waals surface area contributed by atoms with E-state index in [0.29, 0.717) is 12.8 Å². The van der Waals surface area contributed by atoms with E-state index in [-0.39, 0.29) is 23.8 Å². The van der Waals surface area contributed by atoms with Crippen LogP contribution < -0.4 is 24.8 Å². The smallest absolute Gasteiger partial charge is 0.163 e. The predicted molar refractivity (Wildman–Crippen MR) is 142 cm³/mol. The molecule has 2 atom stereocenters. The number of Topliss-reactive ketones (excluding diaryl/α,β-unsaturated/α-hetero) is 1. The molecule has 6 nitrogen and oxygen atoms in total. The van der Waals surface area contributed by atoms with Gasteiger partial charge in [-0.05, 0) is 68.3 Å². The molecule has 0 fully saturated rings. The summed E-state index contributed by atoms with van der Waals surface area (Å²) >= 11 is 0. The van der Waals surface area contributed by atoms with Crippen molar-refractivity contribution < 1.29 is 19.0 Å². The SMILES string of the molecule is COc1ccc(OC)c(C2CC(=O)C3=C(C2)Nc2ccccc2NC3c2ccc(OC(C)C)cc2)c1. The van der Waals surface area contributed by atoms with Crippen LogP contribution in [-0.4, -0.2) is 26.1 Å². The Balaban J connectivity index is 1.56. The molecular weight excluding hydrogens is 452 g/mol. The summed E-state index contributed by atoms with van der Waals surface area (Å²) in [7, 11) is 3.31. The zero-order valence-electron chi connectivity index (χ0n) is 21.1. The van der Waals surface area contributed by atoms with Gasteiger partial charge >= 0.3 is 0 Å². The van der Waals surface area contributed by atoms with Crippen LogP contribution in [0.4, 0.5) is 11.4 Å². The molecule has 0 saturated carbocycles. The van der Waals surface area contributed by atoms with E-state index < -0.39 is 0 Å². The Labute approximate surface area is 212 Å². The molecule has 1 aliphatic carbocycles. The summed E-state index contributed by atoms with van der Waals surface area (Å²) in [5.74, 6) is 2.42. The molecule has 1 heterocycles. The van der Waals surface area contributed by atoms with Crippen LogP contribution in [0.5, 0.6) is 17.2 Å². The van der Waals surface area contributed by atoms with E-state index in [2.05, 4.69) is 10.6 Å². The number of carbonyl (C=O) groups excluding carboxylic acids is 1. The lowest BCUT2D eigenvalue weighted by molar-refractivity contribution is -0.116. The number of ketones is 1. The third-order valence-corrected chi connectivity index (χ3v) is 6.77. The second-order valence-electron chi connectivity index (χ2n) is 9.51. The zero-order valence-corrected chi connectivity index (χ0v) is 21.1. The highest BCUT2D eigenvalue weighted by atomic mass is 16.5. The number of allylic oxidation sites excluding steroid dienone is 1. The van der Waals surface area contributed by atoms with E-state index in [9.17, 15) is 4.79 Å². The first-order valence-electron chi connectivity index (χ1n) is 12.3. The van der Waals surface area contributed by atoms with Gasteiger partial charge in [-0.3, -0.25) is 4.79 Å². The van der Waals surface area contributed by atoms with Gasteiger partial charge in [0.1, 0.15) is 17.2 Å². The number of ether oxygens (including phenoxy) is 3. The van der Waals surface area contributed by atoms with Gasteiger partial charge in [-0.2, -0.15) is 0 Å². The molecule has 0 saturated heterocycles. The maximum Gasteiger partial charge on any atom is 0.163 e. The van der Waals surface area contributed by atoms with Crippen LogP contribution in [0, 0.1) is 0 Å². The highest BCUT2D eigenvalue weighted by Gasteiger charge is 2.37. The maximum atomic E-state index is 13.8. The van der Waals surface area contributed by atoms with Crippen molar-refractivity contribution in [3.8, 4) is 17.2 Å². The van der Waals surface area contributed by atoms with Gasteiger partial charge in [-0.25, -0.2) is 0 Å². The van der Waals surface area contributed by atoms with Gasteiger partial charge in [-0.15, -0.1) is 0 Å². The number of carbonyl (C=O) groups is 1. The summed E-state index contributed by atoms with van der Waals surface area (Å²) in [6.45, 7) is 4.02. The van der Waals surface area contributed by atoms with Gasteiger partial charge in [0.25, 0.3) is 0 Å². The lowest BCUT2D eigenvalue weighted by Crippen LogP contribution is -2.27. The Kier molecular flexibility index (Phi) is 6.59. The molecule has 2 N–H and O–H groups in total. The minimum atomic E-state index is -0.273. The molecule has 0 radical (unpaired) electrons. The molecule has 0 aromatic heterocycles. The molecule has 0 bridgehead atoms. The molecular formula is C30H32N2O4. The van der Waals surface area contributed by atoms with Crippen LogP contribution in [0.1, 0.15) is 49.8 Å². The van der Waals surface area contributed by atoms with E-state index in [1.807, 2.05) is 80.6 Å². The first-order chi connectivity index (χ1) is 17.5. The quantitative estimate of drug-likeness (QED) is 0.418. The Morgan fingerprint density at radius 3 is 2.28 bits per heavy atom. The second kappa shape index (κ2) is 9.97. The number of fused-ring (bicyclic) bond motifs is 1. The molecule has 36 heavy (non-hydrogen) atoms. The van der Waals surface area contributed by atoms with Crippen molar-refractivity contribution in [3.63, 3.8) is 0 Å². The van der Waals surface area contributed by atoms with Crippen molar-refractivity contribution in [1.29, 1.82) is 0 Å². The first kappa shape index (κ1) is 23.8. The van der Waals surface area contributed by atoms with Gasteiger partial charge in [0.05, 0.1) is 37.7 Å². The number of nitrogens with one attached hydrogen (secondary N) is 2. The molecule has 0 spiro atoms. The number of para-hydroxylation sites is 2. The van der Waals surface area contributed by atoms with Gasteiger partial charge in [0.2, 0.25) is 0 Å². The van der Waals surface area contributed by atoms with E-state index >= 15 is 0 Å². The first-order valence-corrected chi connectivity index (χ1v) is 12.3. The Morgan fingerprint density at radius 1 is 0.861 bits per heavy atom. The van der Waals surface area contributed by atoms with E-state index in [1.165, 1.54) is 0 Å². The highest BCUT2D eigenvalue weighted by Crippen LogP contribution is 2.46. The summed E-state index contributed by atoms with van der Waals surface area (Å²) in [5, 5.41) is 7.23. The number of hydrogen-bond donors (Lipinski definition) is 2. The summed E-state index contributed by atoms with van der Waals surface area (Å²) in [5.41, 5.74) is 5.63. The zero-order chi connectivity index (χ0) is 25.2. The van der Waals surface area contributed by atoms with Crippen molar-refractivity contribution >= 4 is 17.2 Å². The maximum absolute atomic E-state index is 13.8. The van der Waals surface area contributed by atoms with Crippen molar-refractivity contribution in [2.75, 3.05) is 24.9 Å². The molecule has 186 valence electrons. The Morgan fingerprint density at radius 2 is 1.58 bits per heavy atom. The van der Waals surface area contributed by atoms with Crippen LogP contribution in [-0.2, 0) is 4.79 Å². The average molecular weight is 485 g/mol. The summed E-state index contributed by atoms with van der Waals surface area (Å²) in [4.78, 5) is 13.8. The molecule has 6 heteroatoms. The minimum absolute atomic E-state index is 0.0264. The fraction of sp³-hybridized carbons (Fsp3) is 0.300. The third kappa shape index (κ3) is 4.63. The molecule has 1 aliphatic heterocycles. The number of benzene rings is 3. The standard InChI is InChI=1S/C30H32N2O4/c1-18(2)36-21-11-9-19(10-12-21)30-29-26(31-24-7-5-6-8-25(24)32-30)15-20(16-27(29)33)23-17-22(34-3)13-14-28(23)35-4/h5-14,17-18,20,30-32H,15-16H2,1-4H3. The van der Waals surface area contributed by atoms with Crippen molar-refractivity contribution in [3.05, 3.63) is 89.1 Å². The fourth-order valence-corrected chi connectivity index (χ4v) is 5.13. The molecule has 0 amide bonds. The van der Waals surface area contributed by atoms with Gasteiger partial charge in [0, 0.05) is 29.2 Å². The van der Waals surface area contributed by atoms with Crippen molar-refractivity contribution in [2.45, 2.75) is 44.8 Å². The Hall–Kier alpha value is -3.93. The second-order valence-corrected chi connectivity index (χ2v) is 9.51. The molecule has 2 aliphatic rings. The fourth-order valence-electron chi connectivity index (χ4n) is 5.13. The Bertz CT molecular complexity index is 1300. The van der Waals surface area contributed by atoms with Gasteiger partial charge in [0.15, 0.2) is 5.78 Å². The number of rotatable bonds is 6. The molecule has 3 aromatic rings. The number of anilines is 2. The predicted octanol–water partition coefficient (Wildman–Crippen LogP) is 6.47. The van der Waals surface area contributed by atoms with E-state index in [1.54, 1.807) is 14.2 Å². The van der Waals surface area contributed by atoms with Gasteiger partial charge < -0.3 is 24.8 Å². The lowest BCUT2D eigenvalue weighted by Gasteiger charge is -2.30.